The molecule has 1 heterocycles. The number of nitrogens with zero attached hydrogens (tertiary/aromatic N) is 1. The molecular weight excluding hydrogens is 534 g/mol. The minimum atomic E-state index is -4.31. The highest BCUT2D eigenvalue weighted by Crippen LogP contribution is 2.33. The summed E-state index contributed by atoms with van der Waals surface area (Å²) in [5, 5.41) is 0.336. The average Bonchev–Trinajstić information content (AvgIpc) is 3.18. The Bertz CT molecular complexity index is 1540. The van der Waals surface area contributed by atoms with E-state index in [9.17, 15) is 18.0 Å². The van der Waals surface area contributed by atoms with E-state index in [1.54, 1.807) is 31.2 Å². The van der Waals surface area contributed by atoms with Crippen molar-refractivity contribution in [3.05, 3.63) is 100 Å². The number of sulfonamides is 1. The van der Waals surface area contributed by atoms with Crippen LogP contribution in [0, 0.1) is 6.92 Å². The van der Waals surface area contributed by atoms with Gasteiger partial charge < -0.3 is 9.15 Å². The van der Waals surface area contributed by atoms with Gasteiger partial charge >= 0.3 is 5.97 Å². The van der Waals surface area contributed by atoms with E-state index in [2.05, 4.69) is 15.9 Å². The van der Waals surface area contributed by atoms with Gasteiger partial charge in [-0.05, 0) is 61.0 Å². The lowest BCUT2D eigenvalue weighted by Crippen LogP contribution is -2.35. The fourth-order valence-electron chi connectivity index (χ4n) is 3.59. The van der Waals surface area contributed by atoms with Crippen molar-refractivity contribution >= 4 is 60.6 Å². The molecule has 0 aliphatic carbocycles. The van der Waals surface area contributed by atoms with Crippen LogP contribution in [0.25, 0.3) is 17.0 Å². The van der Waals surface area contributed by atoms with Crippen LogP contribution in [0.4, 0.5) is 5.69 Å². The number of hydrogen-bond donors (Lipinski definition) is 0. The van der Waals surface area contributed by atoms with Crippen molar-refractivity contribution < 1.29 is 27.2 Å². The zero-order valence-electron chi connectivity index (χ0n) is 18.8. The summed E-state index contributed by atoms with van der Waals surface area (Å²) in [7, 11) is -3.07. The number of hydrogen-bond acceptors (Lipinski definition) is 6. The van der Waals surface area contributed by atoms with Crippen molar-refractivity contribution in [1.82, 2.24) is 0 Å². The molecule has 0 atom stereocenters. The highest BCUT2D eigenvalue weighted by Gasteiger charge is 2.31. The summed E-state index contributed by atoms with van der Waals surface area (Å²) in [4.78, 5) is 25.6. The first-order valence-electron chi connectivity index (χ1n) is 10.4. The summed E-state index contributed by atoms with van der Waals surface area (Å²) in [6, 6.07) is 19.4. The molecule has 0 unspecified atom stereocenters. The number of amides is 1. The lowest BCUT2D eigenvalue weighted by atomic mass is 10.1. The Morgan fingerprint density at radius 2 is 1.69 bits per heavy atom. The van der Waals surface area contributed by atoms with Gasteiger partial charge in [0.1, 0.15) is 16.9 Å². The summed E-state index contributed by atoms with van der Waals surface area (Å²) in [5.74, 6) is -1.09. The van der Waals surface area contributed by atoms with Gasteiger partial charge in [0.2, 0.25) is 0 Å². The first kappa shape index (κ1) is 24.4. The predicted octanol–water partition coefficient (Wildman–Crippen LogP) is 5.73. The Hall–Kier alpha value is -3.69. The number of carbonyl (C=O) groups excluding carboxylic acids is 2. The van der Waals surface area contributed by atoms with Crippen LogP contribution in [-0.2, 0) is 19.6 Å². The van der Waals surface area contributed by atoms with E-state index in [0.29, 0.717) is 25.5 Å². The normalized spacial score (nSPS) is 11.6. The van der Waals surface area contributed by atoms with Gasteiger partial charge in [0.15, 0.2) is 0 Å². The van der Waals surface area contributed by atoms with Crippen LogP contribution in [0.1, 0.15) is 21.7 Å². The maximum atomic E-state index is 13.7. The molecule has 1 amide bonds. The van der Waals surface area contributed by atoms with Crippen molar-refractivity contribution in [2.24, 2.45) is 0 Å². The average molecular weight is 554 g/mol. The lowest BCUT2D eigenvalue weighted by molar-refractivity contribution is -0.113. The number of ether oxygens (including phenoxy) is 1. The van der Waals surface area contributed by atoms with Gasteiger partial charge in [-0.25, -0.2) is 13.2 Å². The maximum absolute atomic E-state index is 13.7. The van der Waals surface area contributed by atoms with Crippen LogP contribution in [-0.4, -0.2) is 27.4 Å². The number of furan rings is 1. The summed E-state index contributed by atoms with van der Waals surface area (Å²) < 4.78 is 39.2. The van der Waals surface area contributed by atoms with Gasteiger partial charge in [0.25, 0.3) is 15.9 Å². The van der Waals surface area contributed by atoms with E-state index in [0.717, 1.165) is 5.56 Å². The van der Waals surface area contributed by atoms with Crippen LogP contribution in [0.3, 0.4) is 0 Å². The highest BCUT2D eigenvalue weighted by atomic mass is 79.9. The van der Waals surface area contributed by atoms with Crippen molar-refractivity contribution in [1.29, 1.82) is 0 Å². The number of halogens is 1. The number of methoxy groups -OCH3 is 1. The Morgan fingerprint density at radius 1 is 1.00 bits per heavy atom. The molecule has 4 rings (SSSR count). The Balaban J connectivity index is 1.88. The van der Waals surface area contributed by atoms with Crippen LogP contribution < -0.4 is 4.31 Å². The molecule has 0 N–H and O–H groups in total. The third-order valence-electron chi connectivity index (χ3n) is 5.24. The van der Waals surface area contributed by atoms with Gasteiger partial charge in [-0.1, -0.05) is 46.3 Å². The third-order valence-corrected chi connectivity index (χ3v) is 7.51. The minimum absolute atomic E-state index is 0.0501. The molecule has 7 nitrogen and oxygen atoms in total. The molecule has 0 spiro atoms. The van der Waals surface area contributed by atoms with Crippen LogP contribution >= 0.6 is 15.9 Å². The van der Waals surface area contributed by atoms with Gasteiger partial charge in [-0.3, -0.25) is 4.79 Å². The lowest BCUT2D eigenvalue weighted by Gasteiger charge is -2.21. The fourth-order valence-corrected chi connectivity index (χ4v) is 5.23. The SMILES string of the molecule is COC(=O)c1c(C)oc2ccc(N(C(=O)C=Cc3ccccc3)S(=O)(=O)c3ccc(Br)cc3)cc12. The maximum Gasteiger partial charge on any atom is 0.342 e. The minimum Gasteiger partial charge on any atom is -0.465 e. The number of rotatable bonds is 6. The second kappa shape index (κ2) is 9.89. The monoisotopic (exact) mass is 553 g/mol. The number of fused-ring (bicyclic) bond motifs is 1. The Kier molecular flexibility index (Phi) is 6.90. The van der Waals surface area contributed by atoms with Crippen molar-refractivity contribution in [2.75, 3.05) is 11.4 Å². The molecule has 3 aromatic carbocycles. The summed E-state index contributed by atoms with van der Waals surface area (Å²) in [5.41, 5.74) is 1.31. The molecule has 0 saturated heterocycles. The van der Waals surface area contributed by atoms with E-state index < -0.39 is 21.9 Å². The molecule has 4 aromatic rings. The quantitative estimate of drug-likeness (QED) is 0.223. The molecule has 1 aromatic heterocycles. The van der Waals surface area contributed by atoms with E-state index in [-0.39, 0.29) is 16.1 Å². The third kappa shape index (κ3) is 4.91. The van der Waals surface area contributed by atoms with Crippen molar-refractivity contribution in [3.8, 4) is 0 Å². The standard InChI is InChI=1S/C26H20BrNO6S/c1-17-25(26(30)33-2)22-16-20(11-14-23(22)34-17)28(24(29)15-8-18-6-4-3-5-7-18)35(31,32)21-12-9-19(27)10-13-21/h3-16H,1-2H3. The van der Waals surface area contributed by atoms with E-state index in [1.165, 1.54) is 49.6 Å². The van der Waals surface area contributed by atoms with Crippen LogP contribution in [0.15, 0.2) is 92.7 Å². The number of benzene rings is 3. The van der Waals surface area contributed by atoms with E-state index in [1.807, 2.05) is 18.2 Å². The number of anilines is 1. The van der Waals surface area contributed by atoms with E-state index >= 15 is 0 Å². The molecule has 35 heavy (non-hydrogen) atoms. The molecule has 0 bridgehead atoms. The number of esters is 1. The van der Waals surface area contributed by atoms with Crippen LogP contribution in [0.2, 0.25) is 0 Å². The first-order valence-corrected chi connectivity index (χ1v) is 12.6. The van der Waals surface area contributed by atoms with Gasteiger partial charge in [-0.15, -0.1) is 0 Å². The first-order chi connectivity index (χ1) is 16.7. The van der Waals surface area contributed by atoms with Gasteiger partial charge in [0.05, 0.1) is 17.7 Å². The summed E-state index contributed by atoms with van der Waals surface area (Å²) >= 11 is 3.29. The van der Waals surface area contributed by atoms with Crippen LogP contribution in [0.5, 0.6) is 0 Å². The van der Waals surface area contributed by atoms with Crippen molar-refractivity contribution in [2.45, 2.75) is 11.8 Å². The zero-order chi connectivity index (χ0) is 25.2. The molecule has 0 aliphatic heterocycles. The summed E-state index contributed by atoms with van der Waals surface area (Å²) in [6.45, 7) is 1.61. The molecule has 0 radical (unpaired) electrons. The van der Waals surface area contributed by atoms with Gasteiger partial charge in [-0.2, -0.15) is 4.31 Å². The Morgan fingerprint density at radius 3 is 2.34 bits per heavy atom. The van der Waals surface area contributed by atoms with E-state index in [4.69, 9.17) is 9.15 Å². The smallest absolute Gasteiger partial charge is 0.342 e. The second-order valence-corrected chi connectivity index (χ2v) is 10.2. The highest BCUT2D eigenvalue weighted by molar-refractivity contribution is 9.10. The number of carbonyl (C=O) groups is 2. The molecule has 0 saturated carbocycles. The van der Waals surface area contributed by atoms with Gasteiger partial charge in [0, 0.05) is 15.9 Å². The second-order valence-electron chi connectivity index (χ2n) is 7.51. The molecule has 9 heteroatoms. The largest absolute Gasteiger partial charge is 0.465 e. The molecule has 0 aliphatic rings. The molecular formula is C26H20BrNO6S. The fraction of sp³-hybridized carbons (Fsp3) is 0.0769. The Labute approximate surface area is 210 Å². The predicted molar refractivity (Wildman–Crippen MR) is 137 cm³/mol. The summed E-state index contributed by atoms with van der Waals surface area (Å²) in [6.07, 6.45) is 2.73. The molecule has 0 fully saturated rings. The topological polar surface area (TPSA) is 93.9 Å². The van der Waals surface area contributed by atoms with Crippen molar-refractivity contribution in [3.63, 3.8) is 0 Å². The molecule has 178 valence electrons. The number of aryl methyl sites for hydroxylation is 1. The zero-order valence-corrected chi connectivity index (χ0v) is 21.2.